The summed E-state index contributed by atoms with van der Waals surface area (Å²) in [5, 5.41) is 24.8. The van der Waals surface area contributed by atoms with Crippen molar-refractivity contribution in [2.75, 3.05) is 5.75 Å². The third-order valence-electron chi connectivity index (χ3n) is 3.17. The van der Waals surface area contributed by atoms with Gasteiger partial charge in [-0.2, -0.15) is 12.6 Å². The van der Waals surface area contributed by atoms with Crippen molar-refractivity contribution >= 4 is 30.5 Å². The van der Waals surface area contributed by atoms with Crippen molar-refractivity contribution in [3.8, 4) is 0 Å². The molecule has 28 heavy (non-hydrogen) atoms. The van der Waals surface area contributed by atoms with Crippen LogP contribution in [0.3, 0.4) is 0 Å². The van der Waals surface area contributed by atoms with Crippen molar-refractivity contribution in [2.45, 2.75) is 44.8 Å². The maximum absolute atomic E-state index is 10.4. The Bertz CT molecular complexity index is 586. The van der Waals surface area contributed by atoms with E-state index < -0.39 is 36.0 Å². The maximum Gasteiger partial charge on any atom is 0.321 e. The van der Waals surface area contributed by atoms with Gasteiger partial charge in [0.1, 0.15) is 18.1 Å². The Kier molecular flexibility index (Phi) is 15.9. The normalized spacial score (nSPS) is 13.1. The second-order valence-corrected chi connectivity index (χ2v) is 6.70. The van der Waals surface area contributed by atoms with Gasteiger partial charge in [-0.3, -0.25) is 14.4 Å². The van der Waals surface area contributed by atoms with E-state index in [-0.39, 0.29) is 5.75 Å². The predicted molar refractivity (Wildman–Crippen MR) is 110 cm³/mol. The molecule has 3 unspecified atom stereocenters. The van der Waals surface area contributed by atoms with Crippen LogP contribution in [0.25, 0.3) is 0 Å². The van der Waals surface area contributed by atoms with Crippen LogP contribution in [0.4, 0.5) is 0 Å². The standard InChI is InChI=1S/C9H11NO2.C6H13NO2.C3H7NO2S/c10-8(9(11)12)6-7-4-2-1-3-5-7;1-4(2)3-5(7)6(8)9;4-2(1-7)3(5)6/h1-5,8H,6,10H2,(H,11,12);4-5H,3,7H2,1-2H3,(H,8,9);2,7H,1,4H2,(H,5,6). The van der Waals surface area contributed by atoms with Gasteiger partial charge in [0.05, 0.1) is 0 Å². The van der Waals surface area contributed by atoms with E-state index in [0.717, 1.165) is 5.56 Å². The number of carbonyl (C=O) groups is 3. The molecule has 10 heteroatoms. The molecule has 0 bridgehead atoms. The first kappa shape index (κ1) is 28.1. The van der Waals surface area contributed by atoms with Crippen LogP contribution in [0.1, 0.15) is 25.8 Å². The first-order valence-electron chi connectivity index (χ1n) is 8.52. The second-order valence-electron chi connectivity index (χ2n) is 6.34. The second kappa shape index (κ2) is 15.9. The molecule has 9 nitrogen and oxygen atoms in total. The van der Waals surface area contributed by atoms with Crippen LogP contribution in [0, 0.1) is 5.92 Å². The molecule has 0 radical (unpaired) electrons. The monoisotopic (exact) mass is 417 g/mol. The highest BCUT2D eigenvalue weighted by molar-refractivity contribution is 7.80. The number of hydrogen-bond donors (Lipinski definition) is 7. The van der Waals surface area contributed by atoms with E-state index >= 15 is 0 Å². The molecule has 0 aliphatic heterocycles. The summed E-state index contributed by atoms with van der Waals surface area (Å²) in [5.74, 6) is -2.33. The topological polar surface area (TPSA) is 190 Å². The van der Waals surface area contributed by atoms with Gasteiger partial charge in [-0.15, -0.1) is 0 Å². The van der Waals surface area contributed by atoms with Gasteiger partial charge < -0.3 is 32.5 Å². The number of aliphatic carboxylic acids is 3. The molecule has 0 saturated heterocycles. The number of carboxylic acids is 3. The lowest BCUT2D eigenvalue weighted by Crippen LogP contribution is -2.32. The van der Waals surface area contributed by atoms with Crippen LogP contribution in [0.15, 0.2) is 30.3 Å². The van der Waals surface area contributed by atoms with Crippen molar-refractivity contribution in [1.82, 2.24) is 0 Å². The van der Waals surface area contributed by atoms with Crippen LogP contribution < -0.4 is 17.2 Å². The van der Waals surface area contributed by atoms with E-state index in [4.69, 9.17) is 32.5 Å². The van der Waals surface area contributed by atoms with Crippen LogP contribution in [0.5, 0.6) is 0 Å². The smallest absolute Gasteiger partial charge is 0.321 e. The Hall–Kier alpha value is -2.14. The predicted octanol–water partition coefficient (Wildman–Crippen LogP) is 0.414. The number of rotatable bonds is 8. The molecule has 0 amide bonds. The van der Waals surface area contributed by atoms with Crippen molar-refractivity contribution in [1.29, 1.82) is 0 Å². The molecular formula is C18H31N3O6S. The van der Waals surface area contributed by atoms with Gasteiger partial charge in [0.15, 0.2) is 0 Å². The van der Waals surface area contributed by atoms with Crippen LogP contribution >= 0.6 is 12.6 Å². The Morgan fingerprint density at radius 2 is 1.29 bits per heavy atom. The number of carboxylic acid groups (broad SMARTS) is 3. The zero-order chi connectivity index (χ0) is 22.3. The Labute approximate surface area is 170 Å². The zero-order valence-corrected chi connectivity index (χ0v) is 17.0. The fourth-order valence-electron chi connectivity index (χ4n) is 1.64. The Morgan fingerprint density at radius 3 is 1.54 bits per heavy atom. The summed E-state index contributed by atoms with van der Waals surface area (Å²) in [4.78, 5) is 30.2. The molecule has 0 fully saturated rings. The molecule has 1 rings (SSSR count). The van der Waals surface area contributed by atoms with Gasteiger partial charge >= 0.3 is 17.9 Å². The largest absolute Gasteiger partial charge is 0.480 e. The molecule has 1 aromatic carbocycles. The van der Waals surface area contributed by atoms with Crippen molar-refractivity contribution in [3.05, 3.63) is 35.9 Å². The van der Waals surface area contributed by atoms with Crippen molar-refractivity contribution in [3.63, 3.8) is 0 Å². The summed E-state index contributed by atoms with van der Waals surface area (Å²) >= 11 is 3.65. The first-order chi connectivity index (χ1) is 12.9. The minimum absolute atomic E-state index is 0.190. The molecule has 9 N–H and O–H groups in total. The average molecular weight is 418 g/mol. The minimum atomic E-state index is -1.00. The number of thiol groups is 1. The summed E-state index contributed by atoms with van der Waals surface area (Å²) in [7, 11) is 0. The lowest BCUT2D eigenvalue weighted by atomic mass is 10.1. The van der Waals surface area contributed by atoms with Gasteiger partial charge in [0.25, 0.3) is 0 Å². The van der Waals surface area contributed by atoms with Crippen molar-refractivity contribution in [2.24, 2.45) is 23.1 Å². The van der Waals surface area contributed by atoms with Gasteiger partial charge in [-0.05, 0) is 24.3 Å². The SMILES string of the molecule is CC(C)CC(N)C(=O)O.NC(CS)C(=O)O.NC(Cc1ccccc1)C(=O)O. The molecule has 0 aromatic heterocycles. The molecule has 3 atom stereocenters. The van der Waals surface area contributed by atoms with E-state index in [1.54, 1.807) is 0 Å². The summed E-state index contributed by atoms with van der Waals surface area (Å²) in [6.07, 6.45) is 0.936. The van der Waals surface area contributed by atoms with E-state index in [9.17, 15) is 14.4 Å². The highest BCUT2D eigenvalue weighted by Crippen LogP contribution is 2.02. The Morgan fingerprint density at radius 1 is 0.857 bits per heavy atom. The first-order valence-corrected chi connectivity index (χ1v) is 9.15. The number of benzene rings is 1. The maximum atomic E-state index is 10.4. The molecule has 0 aliphatic carbocycles. The van der Waals surface area contributed by atoms with Crippen LogP contribution in [-0.2, 0) is 20.8 Å². The van der Waals surface area contributed by atoms with Gasteiger partial charge in [0, 0.05) is 5.75 Å². The fraction of sp³-hybridized carbons (Fsp3) is 0.500. The van der Waals surface area contributed by atoms with Gasteiger partial charge in [0.2, 0.25) is 0 Å². The molecule has 0 heterocycles. The summed E-state index contributed by atoms with van der Waals surface area (Å²) in [6, 6.07) is 7.04. The summed E-state index contributed by atoms with van der Waals surface area (Å²) in [6.45, 7) is 3.89. The van der Waals surface area contributed by atoms with E-state index in [1.807, 2.05) is 44.2 Å². The molecule has 0 spiro atoms. The van der Waals surface area contributed by atoms with E-state index in [0.29, 0.717) is 18.8 Å². The van der Waals surface area contributed by atoms with E-state index in [1.165, 1.54) is 0 Å². The Balaban J connectivity index is 0. The van der Waals surface area contributed by atoms with Gasteiger partial charge in [-0.25, -0.2) is 0 Å². The molecule has 1 aromatic rings. The third-order valence-corrected chi connectivity index (χ3v) is 3.57. The lowest BCUT2D eigenvalue weighted by molar-refractivity contribution is -0.139. The quantitative estimate of drug-likeness (QED) is 0.294. The lowest BCUT2D eigenvalue weighted by Gasteiger charge is -2.07. The number of hydrogen-bond acceptors (Lipinski definition) is 7. The van der Waals surface area contributed by atoms with Crippen LogP contribution in [-0.4, -0.2) is 57.1 Å². The van der Waals surface area contributed by atoms with Crippen LogP contribution in [0.2, 0.25) is 0 Å². The van der Waals surface area contributed by atoms with E-state index in [2.05, 4.69) is 12.6 Å². The third kappa shape index (κ3) is 16.1. The molecule has 160 valence electrons. The fourth-order valence-corrected chi connectivity index (χ4v) is 1.80. The highest BCUT2D eigenvalue weighted by atomic mass is 32.1. The summed E-state index contributed by atoms with van der Waals surface area (Å²) in [5.41, 5.74) is 16.5. The summed E-state index contributed by atoms with van der Waals surface area (Å²) < 4.78 is 0. The van der Waals surface area contributed by atoms with Gasteiger partial charge in [-0.1, -0.05) is 44.2 Å². The highest BCUT2D eigenvalue weighted by Gasteiger charge is 2.12. The average Bonchev–Trinajstić information content (AvgIpc) is 2.62. The zero-order valence-electron chi connectivity index (χ0n) is 16.1. The number of nitrogens with two attached hydrogens (primary N) is 3. The molecular weight excluding hydrogens is 386 g/mol. The van der Waals surface area contributed by atoms with Crippen molar-refractivity contribution < 1.29 is 29.7 Å². The molecule has 0 saturated carbocycles. The molecule has 0 aliphatic rings. The minimum Gasteiger partial charge on any atom is -0.480 e.